The Bertz CT molecular complexity index is 526. The molecule has 0 bridgehead atoms. The summed E-state index contributed by atoms with van der Waals surface area (Å²) >= 11 is 0. The Labute approximate surface area is 117 Å². The van der Waals surface area contributed by atoms with Crippen molar-refractivity contribution in [1.82, 2.24) is 0 Å². The molecule has 0 aromatic heterocycles. The smallest absolute Gasteiger partial charge is 0.334 e. The average Bonchev–Trinajstić information content (AvgIpc) is 3.19. The minimum atomic E-state index is -0.754. The molecule has 0 radical (unpaired) electrons. The number of hydrogen-bond donors (Lipinski definition) is 1. The molecule has 3 heterocycles. The summed E-state index contributed by atoms with van der Waals surface area (Å²) in [6, 6.07) is 0. The van der Waals surface area contributed by atoms with Crippen molar-refractivity contribution in [3.63, 3.8) is 0 Å². The van der Waals surface area contributed by atoms with E-state index in [2.05, 4.69) is 6.92 Å². The number of aliphatic hydroxyl groups is 1. The highest BCUT2D eigenvalue weighted by Gasteiger charge is 2.63. The molecule has 5 nitrogen and oxygen atoms in total. The molecule has 4 rings (SSSR count). The molecule has 110 valence electrons. The van der Waals surface area contributed by atoms with Crippen LogP contribution < -0.4 is 0 Å². The highest BCUT2D eigenvalue weighted by atomic mass is 16.6. The van der Waals surface area contributed by atoms with Crippen LogP contribution in [0.3, 0.4) is 0 Å². The first-order valence-electron chi connectivity index (χ1n) is 7.29. The lowest BCUT2D eigenvalue weighted by molar-refractivity contribution is -0.140. The van der Waals surface area contributed by atoms with Crippen molar-refractivity contribution >= 4 is 5.97 Å². The second kappa shape index (κ2) is 3.64. The van der Waals surface area contributed by atoms with E-state index in [9.17, 15) is 9.90 Å². The van der Waals surface area contributed by atoms with Crippen LogP contribution in [0.1, 0.15) is 40.0 Å². The number of carbonyl (C=O) groups excluding carboxylic acids is 1. The Morgan fingerprint density at radius 2 is 2.00 bits per heavy atom. The van der Waals surface area contributed by atoms with Gasteiger partial charge in [-0.2, -0.15) is 0 Å². The number of aliphatic hydroxyl groups excluding tert-OH is 1. The molecule has 2 unspecified atom stereocenters. The highest BCUT2D eigenvalue weighted by molar-refractivity contribution is 5.92. The number of carbonyl (C=O) groups is 1. The molecular formula is C15H20O5. The molecule has 0 amide bonds. The van der Waals surface area contributed by atoms with Crippen LogP contribution in [-0.2, 0) is 19.0 Å². The lowest BCUT2D eigenvalue weighted by atomic mass is 9.84. The fourth-order valence-corrected chi connectivity index (χ4v) is 3.84. The zero-order valence-corrected chi connectivity index (χ0v) is 12.0. The maximum atomic E-state index is 11.8. The Morgan fingerprint density at radius 3 is 2.75 bits per heavy atom. The van der Waals surface area contributed by atoms with Crippen LogP contribution in [0, 0.1) is 0 Å². The quantitative estimate of drug-likeness (QED) is 0.531. The summed E-state index contributed by atoms with van der Waals surface area (Å²) < 4.78 is 17.0. The summed E-state index contributed by atoms with van der Waals surface area (Å²) in [5.41, 5.74) is 0.689. The van der Waals surface area contributed by atoms with Gasteiger partial charge in [0.1, 0.15) is 18.3 Å². The van der Waals surface area contributed by atoms with E-state index in [0.717, 1.165) is 12.8 Å². The average molecular weight is 280 g/mol. The van der Waals surface area contributed by atoms with Crippen LogP contribution in [0.5, 0.6) is 0 Å². The van der Waals surface area contributed by atoms with E-state index in [1.165, 1.54) is 0 Å². The summed E-state index contributed by atoms with van der Waals surface area (Å²) in [7, 11) is 0. The number of epoxide rings is 2. The van der Waals surface area contributed by atoms with Gasteiger partial charge in [-0.3, -0.25) is 0 Å². The normalized spacial score (nSPS) is 53.7. The van der Waals surface area contributed by atoms with E-state index in [1.807, 2.05) is 6.92 Å². The molecule has 0 aromatic carbocycles. The van der Waals surface area contributed by atoms with Gasteiger partial charge >= 0.3 is 5.97 Å². The second-order valence-electron chi connectivity index (χ2n) is 6.93. The first kappa shape index (κ1) is 12.8. The zero-order valence-electron chi connectivity index (χ0n) is 12.0. The largest absolute Gasteiger partial charge is 0.454 e. The molecule has 0 aromatic rings. The van der Waals surface area contributed by atoms with E-state index in [4.69, 9.17) is 14.2 Å². The first-order valence-corrected chi connectivity index (χ1v) is 7.29. The molecule has 3 fully saturated rings. The van der Waals surface area contributed by atoms with E-state index in [1.54, 1.807) is 6.92 Å². The van der Waals surface area contributed by atoms with E-state index in [-0.39, 0.29) is 35.5 Å². The van der Waals surface area contributed by atoms with Crippen LogP contribution in [-0.4, -0.2) is 46.7 Å². The van der Waals surface area contributed by atoms with Crippen LogP contribution in [0.25, 0.3) is 0 Å². The Kier molecular flexibility index (Phi) is 2.33. The summed E-state index contributed by atoms with van der Waals surface area (Å²) in [5, 5.41) is 10.6. The molecule has 1 saturated carbocycles. The van der Waals surface area contributed by atoms with Crippen LogP contribution in [0.2, 0.25) is 0 Å². The standard InChI is InChI=1S/C15H20O5/c1-7-10-8(18-13(7)17)6-15(3)9(19-15)4-5-14(2)12(20-14)11(10)16/h8-9,11-12,16H,4-6H2,1-3H3/t8-,9?,11+,12?,14+,15-/m0/s1. The van der Waals surface area contributed by atoms with Crippen LogP contribution in [0.4, 0.5) is 0 Å². The molecule has 3 aliphatic heterocycles. The Morgan fingerprint density at radius 1 is 1.25 bits per heavy atom. The van der Waals surface area contributed by atoms with Gasteiger partial charge in [-0.1, -0.05) is 0 Å². The van der Waals surface area contributed by atoms with Crippen molar-refractivity contribution in [2.75, 3.05) is 0 Å². The maximum Gasteiger partial charge on any atom is 0.334 e. The van der Waals surface area contributed by atoms with Gasteiger partial charge in [-0.05, 0) is 33.6 Å². The minimum Gasteiger partial charge on any atom is -0.454 e. The molecule has 0 spiro atoms. The molecule has 5 heteroatoms. The third-order valence-electron chi connectivity index (χ3n) is 5.41. The van der Waals surface area contributed by atoms with Crippen LogP contribution >= 0.6 is 0 Å². The molecule has 1 N–H and O–H groups in total. The van der Waals surface area contributed by atoms with Gasteiger partial charge in [0, 0.05) is 17.6 Å². The van der Waals surface area contributed by atoms with Crippen molar-refractivity contribution < 1.29 is 24.1 Å². The van der Waals surface area contributed by atoms with E-state index >= 15 is 0 Å². The predicted molar refractivity (Wildman–Crippen MR) is 69.0 cm³/mol. The Hall–Kier alpha value is -0.910. The number of ether oxygens (including phenoxy) is 3. The van der Waals surface area contributed by atoms with Gasteiger partial charge in [0.05, 0.1) is 17.3 Å². The maximum absolute atomic E-state index is 11.8. The fourth-order valence-electron chi connectivity index (χ4n) is 3.84. The van der Waals surface area contributed by atoms with Crippen LogP contribution in [0.15, 0.2) is 11.1 Å². The van der Waals surface area contributed by atoms with Crippen molar-refractivity contribution in [1.29, 1.82) is 0 Å². The summed E-state index contributed by atoms with van der Waals surface area (Å²) in [6.07, 6.45) is 1.27. The van der Waals surface area contributed by atoms with Gasteiger partial charge in [-0.25, -0.2) is 4.79 Å². The van der Waals surface area contributed by atoms with E-state index in [0.29, 0.717) is 17.6 Å². The topological polar surface area (TPSA) is 71.6 Å². The number of fused-ring (bicyclic) bond motifs is 3. The summed E-state index contributed by atoms with van der Waals surface area (Å²) in [6.45, 7) is 5.79. The van der Waals surface area contributed by atoms with Crippen molar-refractivity contribution in [2.45, 2.75) is 75.7 Å². The number of rotatable bonds is 0. The van der Waals surface area contributed by atoms with Crippen molar-refractivity contribution in [3.05, 3.63) is 11.1 Å². The molecule has 6 atom stereocenters. The molecule has 4 aliphatic rings. The van der Waals surface area contributed by atoms with Gasteiger partial charge < -0.3 is 19.3 Å². The molecule has 2 saturated heterocycles. The second-order valence-corrected chi connectivity index (χ2v) is 6.93. The summed E-state index contributed by atoms with van der Waals surface area (Å²) in [4.78, 5) is 11.8. The fraction of sp³-hybridized carbons (Fsp3) is 0.800. The monoisotopic (exact) mass is 280 g/mol. The third kappa shape index (κ3) is 1.63. The highest BCUT2D eigenvalue weighted by Crippen LogP contribution is 2.53. The zero-order chi connectivity index (χ0) is 14.3. The molecule has 20 heavy (non-hydrogen) atoms. The molecule has 1 aliphatic carbocycles. The molecular weight excluding hydrogens is 260 g/mol. The predicted octanol–water partition coefficient (Wildman–Crippen LogP) is 1.09. The van der Waals surface area contributed by atoms with Crippen molar-refractivity contribution in [3.8, 4) is 0 Å². The first-order chi connectivity index (χ1) is 9.34. The van der Waals surface area contributed by atoms with Crippen molar-refractivity contribution in [2.24, 2.45) is 0 Å². The summed E-state index contributed by atoms with van der Waals surface area (Å²) in [5.74, 6) is -0.327. The number of esters is 1. The minimum absolute atomic E-state index is 0.209. The third-order valence-corrected chi connectivity index (χ3v) is 5.41. The van der Waals surface area contributed by atoms with Gasteiger partial charge in [0.15, 0.2) is 0 Å². The van der Waals surface area contributed by atoms with Gasteiger partial charge in [0.25, 0.3) is 0 Å². The van der Waals surface area contributed by atoms with Gasteiger partial charge in [-0.15, -0.1) is 0 Å². The van der Waals surface area contributed by atoms with E-state index < -0.39 is 6.10 Å². The SMILES string of the molecule is CC1=C2[C@H](C[C@]3(C)OC3CC[C@@]3(C)OC3[C@@H]2O)OC1=O. The van der Waals surface area contributed by atoms with Gasteiger partial charge in [0.2, 0.25) is 0 Å². The number of hydrogen-bond acceptors (Lipinski definition) is 5. The lowest BCUT2D eigenvalue weighted by Gasteiger charge is -2.22. The lowest BCUT2D eigenvalue weighted by Crippen LogP contribution is -2.33. The Balaban J connectivity index is 1.71.